The third-order valence-electron chi connectivity index (χ3n) is 5.00. The van der Waals surface area contributed by atoms with Gasteiger partial charge in [0.2, 0.25) is 5.88 Å². The molecule has 2 heterocycles. The Hall–Kier alpha value is -1.82. The van der Waals surface area contributed by atoms with E-state index in [0.29, 0.717) is 18.6 Å². The Morgan fingerprint density at radius 1 is 1.40 bits per heavy atom. The molecule has 25 heavy (non-hydrogen) atoms. The van der Waals surface area contributed by atoms with Crippen molar-refractivity contribution in [2.75, 3.05) is 33.9 Å². The first-order valence-corrected chi connectivity index (χ1v) is 9.36. The number of guanidine groups is 1. The molecule has 0 amide bonds. The molecule has 1 atom stereocenters. The van der Waals surface area contributed by atoms with Crippen molar-refractivity contribution in [3.05, 3.63) is 23.9 Å². The van der Waals surface area contributed by atoms with Gasteiger partial charge in [0.15, 0.2) is 5.96 Å². The van der Waals surface area contributed by atoms with Gasteiger partial charge in [-0.1, -0.05) is 6.07 Å². The van der Waals surface area contributed by atoms with Crippen molar-refractivity contribution in [2.24, 2.45) is 10.9 Å². The number of nitrogens with one attached hydrogen (secondary N) is 1. The molecule has 2 aliphatic rings. The highest BCUT2D eigenvalue weighted by Gasteiger charge is 2.20. The molecule has 0 spiro atoms. The molecule has 1 saturated heterocycles. The Morgan fingerprint density at radius 3 is 2.96 bits per heavy atom. The van der Waals surface area contributed by atoms with E-state index in [1.54, 1.807) is 6.20 Å². The SMILES string of the molecule is CN=C(NCc1cccnc1OC1CCCC1)N(C)CC1CCOC1. The number of aromatic nitrogens is 1. The zero-order valence-corrected chi connectivity index (χ0v) is 15.4. The third kappa shape index (κ3) is 5.08. The van der Waals surface area contributed by atoms with Gasteiger partial charge in [0, 0.05) is 51.5 Å². The maximum Gasteiger partial charge on any atom is 0.218 e. The van der Waals surface area contributed by atoms with Crippen molar-refractivity contribution < 1.29 is 9.47 Å². The molecule has 1 saturated carbocycles. The van der Waals surface area contributed by atoms with Crippen LogP contribution < -0.4 is 10.1 Å². The second-order valence-corrected chi connectivity index (χ2v) is 7.00. The quantitative estimate of drug-likeness (QED) is 0.633. The highest BCUT2D eigenvalue weighted by molar-refractivity contribution is 5.79. The van der Waals surface area contributed by atoms with E-state index in [4.69, 9.17) is 9.47 Å². The number of nitrogens with zero attached hydrogens (tertiary/aromatic N) is 3. The van der Waals surface area contributed by atoms with Gasteiger partial charge in [0.25, 0.3) is 0 Å². The van der Waals surface area contributed by atoms with Crippen LogP contribution >= 0.6 is 0 Å². The van der Waals surface area contributed by atoms with Gasteiger partial charge < -0.3 is 19.7 Å². The van der Waals surface area contributed by atoms with Gasteiger partial charge >= 0.3 is 0 Å². The van der Waals surface area contributed by atoms with Crippen molar-refractivity contribution in [1.82, 2.24) is 15.2 Å². The first-order valence-electron chi connectivity index (χ1n) is 9.36. The Balaban J connectivity index is 1.55. The molecule has 1 aromatic rings. The van der Waals surface area contributed by atoms with Crippen molar-refractivity contribution in [3.8, 4) is 5.88 Å². The predicted octanol–water partition coefficient (Wildman–Crippen LogP) is 2.45. The smallest absolute Gasteiger partial charge is 0.218 e. The van der Waals surface area contributed by atoms with Crippen LogP contribution in [0.4, 0.5) is 0 Å². The van der Waals surface area contributed by atoms with Gasteiger partial charge in [-0.15, -0.1) is 0 Å². The van der Waals surface area contributed by atoms with Crippen LogP contribution in [0.25, 0.3) is 0 Å². The summed E-state index contributed by atoms with van der Waals surface area (Å²) in [6.07, 6.45) is 8.03. The summed E-state index contributed by atoms with van der Waals surface area (Å²) in [7, 11) is 3.90. The summed E-state index contributed by atoms with van der Waals surface area (Å²) in [4.78, 5) is 11.0. The number of hydrogen-bond acceptors (Lipinski definition) is 4. The topological polar surface area (TPSA) is 59.0 Å². The number of hydrogen-bond donors (Lipinski definition) is 1. The molecule has 1 aromatic heterocycles. The minimum Gasteiger partial charge on any atom is -0.474 e. The van der Waals surface area contributed by atoms with Gasteiger partial charge in [-0.2, -0.15) is 0 Å². The molecule has 0 aromatic carbocycles. The van der Waals surface area contributed by atoms with Crippen LogP contribution in [-0.2, 0) is 11.3 Å². The molecule has 6 heteroatoms. The van der Waals surface area contributed by atoms with Gasteiger partial charge in [0.05, 0.1) is 6.61 Å². The maximum absolute atomic E-state index is 6.12. The molecule has 1 aliphatic carbocycles. The summed E-state index contributed by atoms with van der Waals surface area (Å²) >= 11 is 0. The lowest BCUT2D eigenvalue weighted by Crippen LogP contribution is -2.41. The number of rotatable bonds is 6. The van der Waals surface area contributed by atoms with E-state index in [1.165, 1.54) is 12.8 Å². The third-order valence-corrected chi connectivity index (χ3v) is 5.00. The van der Waals surface area contributed by atoms with Gasteiger partial charge in [-0.05, 0) is 38.2 Å². The number of ether oxygens (including phenoxy) is 2. The summed E-state index contributed by atoms with van der Waals surface area (Å²) in [5.74, 6) is 2.23. The van der Waals surface area contributed by atoms with Crippen LogP contribution in [-0.4, -0.2) is 55.8 Å². The molecule has 0 bridgehead atoms. The van der Waals surface area contributed by atoms with Crippen LogP contribution in [0, 0.1) is 5.92 Å². The van der Waals surface area contributed by atoms with E-state index in [1.807, 2.05) is 13.1 Å². The predicted molar refractivity (Wildman–Crippen MR) is 98.9 cm³/mol. The van der Waals surface area contributed by atoms with Crippen LogP contribution in [0.1, 0.15) is 37.7 Å². The zero-order valence-electron chi connectivity index (χ0n) is 15.4. The van der Waals surface area contributed by atoms with Crippen LogP contribution in [0.15, 0.2) is 23.3 Å². The Labute approximate surface area is 150 Å². The lowest BCUT2D eigenvalue weighted by atomic mass is 10.1. The molecular weight excluding hydrogens is 316 g/mol. The molecule has 0 radical (unpaired) electrons. The summed E-state index contributed by atoms with van der Waals surface area (Å²) in [6, 6.07) is 4.03. The first kappa shape index (κ1) is 18.0. The van der Waals surface area contributed by atoms with Crippen LogP contribution in [0.5, 0.6) is 5.88 Å². The second kappa shape index (κ2) is 9.04. The van der Waals surface area contributed by atoms with E-state index >= 15 is 0 Å². The molecule has 1 aliphatic heterocycles. The monoisotopic (exact) mass is 346 g/mol. The molecule has 1 unspecified atom stereocenters. The van der Waals surface area contributed by atoms with Crippen molar-refractivity contribution in [2.45, 2.75) is 44.8 Å². The van der Waals surface area contributed by atoms with E-state index in [-0.39, 0.29) is 0 Å². The normalized spacial score (nSPS) is 21.5. The van der Waals surface area contributed by atoms with Crippen molar-refractivity contribution in [3.63, 3.8) is 0 Å². The summed E-state index contributed by atoms with van der Waals surface area (Å²) in [5, 5.41) is 3.44. The lowest BCUT2D eigenvalue weighted by Gasteiger charge is -2.25. The van der Waals surface area contributed by atoms with E-state index in [9.17, 15) is 0 Å². The van der Waals surface area contributed by atoms with Gasteiger partial charge in [0.1, 0.15) is 6.10 Å². The maximum atomic E-state index is 6.12. The van der Waals surface area contributed by atoms with Gasteiger partial charge in [-0.3, -0.25) is 4.99 Å². The fraction of sp³-hybridized carbons (Fsp3) is 0.684. The van der Waals surface area contributed by atoms with Crippen LogP contribution in [0.2, 0.25) is 0 Å². The van der Waals surface area contributed by atoms with E-state index in [0.717, 1.165) is 56.4 Å². The average molecular weight is 346 g/mol. The fourth-order valence-electron chi connectivity index (χ4n) is 3.59. The zero-order chi connectivity index (χ0) is 17.5. The molecule has 138 valence electrons. The van der Waals surface area contributed by atoms with Crippen LogP contribution in [0.3, 0.4) is 0 Å². The standard InChI is InChI=1S/C19H30N4O2/c1-20-19(23(2)13-15-9-11-24-14-15)22-12-16-6-5-10-21-18(16)25-17-7-3-4-8-17/h5-6,10,15,17H,3-4,7-9,11-14H2,1-2H3,(H,20,22). The highest BCUT2D eigenvalue weighted by atomic mass is 16.5. The summed E-state index contributed by atoms with van der Waals surface area (Å²) in [6.45, 7) is 3.34. The molecule has 2 fully saturated rings. The fourth-order valence-corrected chi connectivity index (χ4v) is 3.59. The lowest BCUT2D eigenvalue weighted by molar-refractivity contribution is 0.181. The molecule has 1 N–H and O–H groups in total. The second-order valence-electron chi connectivity index (χ2n) is 7.00. The Morgan fingerprint density at radius 2 is 2.24 bits per heavy atom. The highest BCUT2D eigenvalue weighted by Crippen LogP contribution is 2.25. The molecule has 3 rings (SSSR count). The molecular formula is C19H30N4O2. The van der Waals surface area contributed by atoms with Gasteiger partial charge in [-0.25, -0.2) is 4.98 Å². The van der Waals surface area contributed by atoms with E-state index < -0.39 is 0 Å². The summed E-state index contributed by atoms with van der Waals surface area (Å²) in [5.41, 5.74) is 1.08. The minimum atomic E-state index is 0.318. The Bertz CT molecular complexity index is 566. The number of aliphatic imine (C=N–C) groups is 1. The van der Waals surface area contributed by atoms with E-state index in [2.05, 4.69) is 33.3 Å². The van der Waals surface area contributed by atoms with Crippen molar-refractivity contribution >= 4 is 5.96 Å². The summed E-state index contributed by atoms with van der Waals surface area (Å²) < 4.78 is 11.6. The van der Waals surface area contributed by atoms with Crippen molar-refractivity contribution in [1.29, 1.82) is 0 Å². The molecule has 6 nitrogen and oxygen atoms in total. The first-order chi connectivity index (χ1) is 12.3. The minimum absolute atomic E-state index is 0.318. The number of pyridine rings is 1. The Kier molecular flexibility index (Phi) is 6.50. The average Bonchev–Trinajstić information content (AvgIpc) is 3.31. The largest absolute Gasteiger partial charge is 0.474 e.